The highest BCUT2D eigenvalue weighted by atomic mass is 19.2. The van der Waals surface area contributed by atoms with Crippen LogP contribution in [0.25, 0.3) is 0 Å². The third kappa shape index (κ3) is 6.26. The van der Waals surface area contributed by atoms with Crippen molar-refractivity contribution in [3.05, 3.63) is 82.9 Å². The van der Waals surface area contributed by atoms with Gasteiger partial charge in [-0.05, 0) is 136 Å². The van der Waals surface area contributed by atoms with Crippen molar-refractivity contribution in [2.75, 3.05) is 0 Å². The maximum atomic E-state index is 15.0. The van der Waals surface area contributed by atoms with Gasteiger partial charge >= 0.3 is 0 Å². The summed E-state index contributed by atoms with van der Waals surface area (Å²) in [7, 11) is 0. The molecule has 4 aliphatic rings. The van der Waals surface area contributed by atoms with Crippen molar-refractivity contribution in [1.29, 1.82) is 0 Å². The van der Waals surface area contributed by atoms with Crippen molar-refractivity contribution in [1.82, 2.24) is 10.6 Å². The minimum atomic E-state index is -1.78. The van der Waals surface area contributed by atoms with E-state index in [1.54, 1.807) is 0 Å². The van der Waals surface area contributed by atoms with Gasteiger partial charge in [-0.15, -0.1) is 0 Å². The molecule has 4 saturated carbocycles. The Labute approximate surface area is 277 Å². The van der Waals surface area contributed by atoms with Gasteiger partial charge in [-0.25, -0.2) is 0 Å². The van der Waals surface area contributed by atoms with Crippen LogP contribution in [-0.2, 0) is 0 Å². The van der Waals surface area contributed by atoms with E-state index in [1.807, 2.05) is 13.8 Å². The summed E-state index contributed by atoms with van der Waals surface area (Å²) in [5.74, 6) is -6.81. The fraction of sp³-hybridized carbons (Fsp3) is 0.474. The Hall–Kier alpha value is -4.08. The van der Waals surface area contributed by atoms with Gasteiger partial charge in [0, 0.05) is 23.2 Å². The molecule has 48 heavy (non-hydrogen) atoms. The summed E-state index contributed by atoms with van der Waals surface area (Å²) in [6.45, 7) is 4.02. The highest BCUT2D eigenvalue weighted by Gasteiger charge is 2.43. The molecule has 7 rings (SSSR count). The van der Waals surface area contributed by atoms with Crippen molar-refractivity contribution in [3.63, 3.8) is 0 Å². The lowest BCUT2D eigenvalue weighted by atomic mass is 9.84. The number of benzene rings is 3. The smallest absolute Gasteiger partial charge is 0.251 e. The Balaban J connectivity index is 0.976. The number of ether oxygens (including phenoxy) is 2. The maximum Gasteiger partial charge on any atom is 0.251 e. The monoisotopic (exact) mass is 664 g/mol. The molecular weight excluding hydrogens is 624 g/mol. The molecule has 8 atom stereocenters. The number of halogens is 4. The summed E-state index contributed by atoms with van der Waals surface area (Å²) in [6, 6.07) is 10.9. The molecule has 2 N–H and O–H groups in total. The lowest BCUT2D eigenvalue weighted by molar-refractivity contribution is 0.0907. The Morgan fingerprint density at radius 2 is 0.938 bits per heavy atom. The third-order valence-corrected chi connectivity index (χ3v) is 11.4. The standard InChI is InChI=1S/C38H40F4N2O4/c1-19(29-17-21-3-5-25(29)15-21)43-37(45)23-7-11-27(12-8-23)47-35-31(39)33(41)36(34(42)32(35)40)48-28-13-9-24(10-14-28)38(46)44-20(2)30-18-22-4-6-26(30)16-22/h7-14,19-22,25-26,29-30H,3-6,15-18H2,1-2H3,(H,43,45)(H,44,46)/t19-,20-,21-,22-,25-,26-,29+,30+/m1/s1. The van der Waals surface area contributed by atoms with Crippen LogP contribution in [0.4, 0.5) is 17.6 Å². The van der Waals surface area contributed by atoms with Crippen molar-refractivity contribution < 1.29 is 36.6 Å². The number of hydrogen-bond acceptors (Lipinski definition) is 4. The molecule has 0 unspecified atom stereocenters. The first-order valence-electron chi connectivity index (χ1n) is 17.1. The topological polar surface area (TPSA) is 76.7 Å². The lowest BCUT2D eigenvalue weighted by Crippen LogP contribution is -2.40. The average molecular weight is 665 g/mol. The van der Waals surface area contributed by atoms with Crippen LogP contribution >= 0.6 is 0 Å². The molecule has 10 heteroatoms. The lowest BCUT2D eigenvalue weighted by Gasteiger charge is -2.28. The highest BCUT2D eigenvalue weighted by Crippen LogP contribution is 2.50. The van der Waals surface area contributed by atoms with Gasteiger partial charge in [0.25, 0.3) is 11.8 Å². The minimum absolute atomic E-state index is 0.0150. The van der Waals surface area contributed by atoms with Gasteiger partial charge in [0.15, 0.2) is 0 Å². The first-order valence-corrected chi connectivity index (χ1v) is 17.1. The van der Waals surface area contributed by atoms with Gasteiger partial charge in [-0.3, -0.25) is 9.59 Å². The molecular formula is C38H40F4N2O4. The Morgan fingerprint density at radius 3 is 1.23 bits per heavy atom. The van der Waals surface area contributed by atoms with E-state index in [9.17, 15) is 9.59 Å². The second-order valence-corrected chi connectivity index (χ2v) is 14.4. The number of carbonyl (C=O) groups excluding carboxylic acids is 2. The van der Waals surface area contributed by atoms with Gasteiger partial charge in [0.05, 0.1) is 0 Å². The molecule has 4 aliphatic carbocycles. The fourth-order valence-electron chi connectivity index (χ4n) is 8.96. The second kappa shape index (κ2) is 13.1. The molecule has 0 radical (unpaired) electrons. The Morgan fingerprint density at radius 1 is 0.583 bits per heavy atom. The quantitative estimate of drug-likeness (QED) is 0.168. The van der Waals surface area contributed by atoms with Gasteiger partial charge in [0.2, 0.25) is 34.8 Å². The fourth-order valence-corrected chi connectivity index (χ4v) is 8.96. The second-order valence-electron chi connectivity index (χ2n) is 14.4. The van der Waals surface area contributed by atoms with E-state index in [0.29, 0.717) is 34.8 Å². The van der Waals surface area contributed by atoms with Crippen LogP contribution in [0.3, 0.4) is 0 Å². The third-order valence-electron chi connectivity index (χ3n) is 11.4. The van der Waals surface area contributed by atoms with Crippen LogP contribution in [-0.4, -0.2) is 23.9 Å². The zero-order valence-electron chi connectivity index (χ0n) is 27.0. The van der Waals surface area contributed by atoms with Crippen molar-refractivity contribution >= 4 is 11.8 Å². The summed E-state index contributed by atoms with van der Waals surface area (Å²) >= 11 is 0. The molecule has 0 aromatic heterocycles. The number of fused-ring (bicyclic) bond motifs is 4. The van der Waals surface area contributed by atoms with E-state index in [-0.39, 0.29) is 35.4 Å². The molecule has 4 bridgehead atoms. The largest absolute Gasteiger partial charge is 0.451 e. The van der Waals surface area contributed by atoms with Crippen LogP contribution in [0.5, 0.6) is 23.0 Å². The maximum absolute atomic E-state index is 15.0. The predicted molar refractivity (Wildman–Crippen MR) is 171 cm³/mol. The van der Waals surface area contributed by atoms with Crippen molar-refractivity contribution in [3.8, 4) is 23.0 Å². The molecule has 3 aromatic carbocycles. The van der Waals surface area contributed by atoms with Gasteiger partial charge in [-0.2, -0.15) is 17.6 Å². The molecule has 4 fully saturated rings. The molecule has 6 nitrogen and oxygen atoms in total. The van der Waals surface area contributed by atoms with E-state index >= 15 is 17.6 Å². The van der Waals surface area contributed by atoms with Crippen molar-refractivity contribution in [2.45, 2.75) is 77.3 Å². The van der Waals surface area contributed by atoms with Crippen LogP contribution in [0.2, 0.25) is 0 Å². The van der Waals surface area contributed by atoms with Crippen LogP contribution < -0.4 is 20.1 Å². The first-order chi connectivity index (χ1) is 23.0. The first kappa shape index (κ1) is 32.5. The molecule has 0 aliphatic heterocycles. The Kier molecular flexibility index (Phi) is 8.85. The summed E-state index contributed by atoms with van der Waals surface area (Å²) in [5.41, 5.74) is 0.635. The SMILES string of the molecule is C[C@@H](NC(=O)c1ccc(Oc2c(F)c(F)c(Oc3ccc(C(=O)N[C@H](C)[C@@H]4C[C@@H]5CC[C@@H]4C5)cc3)c(F)c2F)cc1)[C@@H]1C[C@@H]2CC[C@@H]1C2. The number of carbonyl (C=O) groups is 2. The number of rotatable bonds is 10. The molecule has 2 amide bonds. The Bertz CT molecular complexity index is 1540. The highest BCUT2D eigenvalue weighted by molar-refractivity contribution is 5.95. The average Bonchev–Trinajstić information content (AvgIpc) is 3.92. The van der Waals surface area contributed by atoms with E-state index < -0.39 is 34.8 Å². The summed E-state index contributed by atoms with van der Waals surface area (Å²) in [4.78, 5) is 25.7. The van der Waals surface area contributed by atoms with Gasteiger partial charge in [-0.1, -0.05) is 12.8 Å². The van der Waals surface area contributed by atoms with E-state index in [1.165, 1.54) is 87.1 Å². The zero-order valence-corrected chi connectivity index (χ0v) is 27.0. The van der Waals surface area contributed by atoms with E-state index in [4.69, 9.17) is 9.47 Å². The van der Waals surface area contributed by atoms with Crippen LogP contribution in [0.15, 0.2) is 48.5 Å². The summed E-state index contributed by atoms with van der Waals surface area (Å²) in [5, 5.41) is 6.10. The molecule has 0 saturated heterocycles. The number of nitrogens with one attached hydrogen (secondary N) is 2. The predicted octanol–water partition coefficient (Wildman–Crippen LogP) is 8.94. The minimum Gasteiger partial charge on any atom is -0.451 e. The van der Waals surface area contributed by atoms with Gasteiger partial charge < -0.3 is 20.1 Å². The zero-order chi connectivity index (χ0) is 33.7. The molecule has 0 spiro atoms. The molecule has 0 heterocycles. The van der Waals surface area contributed by atoms with Crippen LogP contribution in [0.1, 0.15) is 85.9 Å². The summed E-state index contributed by atoms with van der Waals surface area (Å²) < 4.78 is 70.5. The van der Waals surface area contributed by atoms with Crippen molar-refractivity contribution in [2.24, 2.45) is 35.5 Å². The van der Waals surface area contributed by atoms with E-state index in [2.05, 4.69) is 10.6 Å². The van der Waals surface area contributed by atoms with Gasteiger partial charge in [0.1, 0.15) is 11.5 Å². The number of hydrogen-bond donors (Lipinski definition) is 2. The van der Waals surface area contributed by atoms with Crippen LogP contribution in [0, 0.1) is 58.8 Å². The summed E-state index contributed by atoms with van der Waals surface area (Å²) in [6.07, 6.45) is 9.65. The van der Waals surface area contributed by atoms with E-state index in [0.717, 1.165) is 24.7 Å². The molecule has 3 aromatic rings. The normalized spacial score (nSPS) is 26.7. The molecule has 254 valence electrons. The number of amides is 2.